The zero-order valence-electron chi connectivity index (χ0n) is 32.1. The Morgan fingerprint density at radius 2 is 1.79 bits per heavy atom. The molecule has 0 bridgehead atoms. The van der Waals surface area contributed by atoms with E-state index in [9.17, 15) is 14.2 Å². The van der Waals surface area contributed by atoms with Crippen LogP contribution in [0, 0.1) is 6.92 Å². The number of carbonyl (C=O) groups is 2. The first-order valence-electron chi connectivity index (χ1n) is 18.5. The molecule has 1 atom stereocenters. The summed E-state index contributed by atoms with van der Waals surface area (Å²) in [4.78, 5) is 46.8. The van der Waals surface area contributed by atoms with E-state index in [1.165, 1.54) is 0 Å². The van der Waals surface area contributed by atoms with Gasteiger partial charge in [0.1, 0.15) is 30.3 Å². The van der Waals surface area contributed by atoms with Crippen LogP contribution in [0.1, 0.15) is 36.8 Å². The van der Waals surface area contributed by atoms with Gasteiger partial charge in [0, 0.05) is 68.1 Å². The van der Waals surface area contributed by atoms with Gasteiger partial charge in [-0.2, -0.15) is 4.98 Å². The molecule has 2 fully saturated rings. The van der Waals surface area contributed by atoms with Crippen molar-refractivity contribution in [1.29, 1.82) is 0 Å². The van der Waals surface area contributed by atoms with Gasteiger partial charge in [-0.1, -0.05) is 12.1 Å². The highest BCUT2D eigenvalue weighted by Crippen LogP contribution is 2.42. The summed E-state index contributed by atoms with van der Waals surface area (Å²) < 4.78 is 20.0. The first kappa shape index (κ1) is 39.1. The van der Waals surface area contributed by atoms with Crippen LogP contribution in [0.4, 0.5) is 34.5 Å². The lowest BCUT2D eigenvalue weighted by Crippen LogP contribution is -2.47. The first-order valence-corrected chi connectivity index (χ1v) is 21.9. The van der Waals surface area contributed by atoms with Crippen molar-refractivity contribution >= 4 is 85.7 Å². The number of benzene rings is 3. The smallest absolute Gasteiger partial charge is 0.249 e. The number of hydrogen-bond donors (Lipinski definition) is 4. The van der Waals surface area contributed by atoms with E-state index in [2.05, 4.69) is 100 Å². The Labute approximate surface area is 334 Å². The predicted molar refractivity (Wildman–Crippen MR) is 226 cm³/mol. The molecular weight excluding hydrogens is 795 g/mol. The molecule has 3 aromatic carbocycles. The van der Waals surface area contributed by atoms with Crippen LogP contribution in [0.5, 0.6) is 5.75 Å². The number of imide groups is 1. The summed E-state index contributed by atoms with van der Waals surface area (Å²) in [5.41, 5.74) is 6.89. The lowest BCUT2D eigenvalue weighted by atomic mass is 10.0. The van der Waals surface area contributed by atoms with Gasteiger partial charge in [0.2, 0.25) is 17.8 Å². The van der Waals surface area contributed by atoms with Gasteiger partial charge in [-0.25, -0.2) is 4.98 Å². The van der Waals surface area contributed by atoms with Crippen LogP contribution < -0.4 is 36.2 Å². The molecule has 2 saturated heterocycles. The van der Waals surface area contributed by atoms with Crippen LogP contribution in [0.2, 0.25) is 0 Å². The summed E-state index contributed by atoms with van der Waals surface area (Å²) in [6.45, 7) is 8.13. The molecular formula is C40H46BrN10O4P. The Kier molecular flexibility index (Phi) is 11.6. The highest BCUT2D eigenvalue weighted by Gasteiger charge is 2.28. The number of nitrogens with one attached hydrogen (secondary N) is 4. The summed E-state index contributed by atoms with van der Waals surface area (Å²) in [7, 11) is 1.06. The van der Waals surface area contributed by atoms with E-state index in [-0.39, 0.29) is 11.8 Å². The number of aromatic nitrogens is 4. The quantitative estimate of drug-likeness (QED) is 0.0790. The van der Waals surface area contributed by atoms with Crippen molar-refractivity contribution < 1.29 is 18.9 Å². The molecule has 2 amide bonds. The fourth-order valence-corrected chi connectivity index (χ4v) is 9.16. The third-order valence-corrected chi connectivity index (χ3v) is 12.4. The van der Waals surface area contributed by atoms with Crippen molar-refractivity contribution in [2.75, 3.05) is 61.4 Å². The third kappa shape index (κ3) is 8.80. The summed E-state index contributed by atoms with van der Waals surface area (Å²) in [5, 5.41) is 13.0. The van der Waals surface area contributed by atoms with Crippen LogP contribution in [0.3, 0.4) is 0 Å². The second kappa shape index (κ2) is 16.5. The molecule has 0 radical (unpaired) electrons. The van der Waals surface area contributed by atoms with Crippen molar-refractivity contribution in [2.24, 2.45) is 0 Å². The molecule has 2 aliphatic rings. The van der Waals surface area contributed by atoms with Gasteiger partial charge in [-0.05, 0) is 104 Å². The van der Waals surface area contributed by atoms with Crippen LogP contribution in [-0.2, 0) is 20.7 Å². The Hall–Kier alpha value is -5.11. The topological polar surface area (TPSA) is 167 Å². The zero-order valence-corrected chi connectivity index (χ0v) is 34.6. The Morgan fingerprint density at radius 1 is 1.00 bits per heavy atom. The number of carbonyl (C=O) groups excluding carboxylic acids is 2. The minimum absolute atomic E-state index is 0.217. The van der Waals surface area contributed by atoms with Gasteiger partial charge in [-0.3, -0.25) is 29.8 Å². The minimum Gasteiger partial charge on any atom is -0.494 e. The van der Waals surface area contributed by atoms with Gasteiger partial charge in [0.15, 0.2) is 0 Å². The Bertz CT molecular complexity index is 2330. The number of ether oxygens (including phenoxy) is 1. The van der Waals surface area contributed by atoms with Gasteiger partial charge < -0.3 is 30.2 Å². The van der Waals surface area contributed by atoms with E-state index >= 15 is 0 Å². The summed E-state index contributed by atoms with van der Waals surface area (Å²) >= 11 is 3.57. The molecule has 0 spiro atoms. The number of methoxy groups -OCH3 is 1. The minimum atomic E-state index is -2.77. The second-order valence-corrected chi connectivity index (χ2v) is 18.7. The number of halogens is 1. The summed E-state index contributed by atoms with van der Waals surface area (Å²) in [6, 6.07) is 16.0. The van der Waals surface area contributed by atoms with Gasteiger partial charge in [-0.15, -0.1) is 0 Å². The maximum atomic E-state index is 13.5. The average molecular weight is 842 g/mol. The summed E-state index contributed by atoms with van der Waals surface area (Å²) in [5.74, 6) is 1.04. The molecule has 1 unspecified atom stereocenters. The number of nitrogens with zero attached hydrogens (tertiary/aromatic N) is 6. The molecule has 4 heterocycles. The highest BCUT2D eigenvalue weighted by molar-refractivity contribution is 9.10. The van der Waals surface area contributed by atoms with Crippen molar-refractivity contribution in [3.8, 4) is 5.75 Å². The van der Waals surface area contributed by atoms with Crippen molar-refractivity contribution in [1.82, 2.24) is 30.2 Å². The van der Waals surface area contributed by atoms with E-state index in [0.717, 1.165) is 60.7 Å². The van der Waals surface area contributed by atoms with Crippen LogP contribution in [-0.4, -0.2) is 89.3 Å². The predicted octanol–water partition coefficient (Wildman–Crippen LogP) is 6.55. The number of anilines is 6. The average Bonchev–Trinajstić information content (AvgIpc) is 3.17. The summed E-state index contributed by atoms with van der Waals surface area (Å²) in [6.07, 6.45) is 7.74. The number of rotatable bonds is 12. The molecule has 14 nitrogen and oxygen atoms in total. The maximum absolute atomic E-state index is 13.5. The number of aryl methyl sites for hydroxylation is 1. The first-order chi connectivity index (χ1) is 26.9. The van der Waals surface area contributed by atoms with Crippen LogP contribution in [0.25, 0.3) is 11.0 Å². The fourth-order valence-electron chi connectivity index (χ4n) is 7.47. The number of hydrogen-bond acceptors (Lipinski definition) is 13. The van der Waals surface area contributed by atoms with Crippen molar-refractivity contribution in [2.45, 2.75) is 51.2 Å². The van der Waals surface area contributed by atoms with E-state index in [0.29, 0.717) is 62.9 Å². The van der Waals surface area contributed by atoms with Crippen LogP contribution in [0.15, 0.2) is 71.6 Å². The highest BCUT2D eigenvalue weighted by atomic mass is 79.9. The molecule has 56 heavy (non-hydrogen) atoms. The molecule has 7 rings (SSSR count). The van der Waals surface area contributed by atoms with E-state index in [1.807, 2.05) is 24.3 Å². The van der Waals surface area contributed by atoms with Crippen molar-refractivity contribution in [3.05, 3.63) is 82.7 Å². The molecule has 0 saturated carbocycles. The van der Waals surface area contributed by atoms with Gasteiger partial charge in [0.25, 0.3) is 0 Å². The zero-order chi connectivity index (χ0) is 39.6. The van der Waals surface area contributed by atoms with Gasteiger partial charge in [0.05, 0.1) is 33.8 Å². The Morgan fingerprint density at radius 3 is 2.54 bits per heavy atom. The van der Waals surface area contributed by atoms with E-state index < -0.39 is 13.2 Å². The monoisotopic (exact) mass is 840 g/mol. The van der Waals surface area contributed by atoms with E-state index in [1.54, 1.807) is 39.0 Å². The molecule has 2 aromatic heterocycles. The third-order valence-electron chi connectivity index (χ3n) is 10.3. The molecule has 5 aromatic rings. The number of fused-ring (bicyclic) bond motifs is 1. The van der Waals surface area contributed by atoms with Crippen molar-refractivity contribution in [3.63, 3.8) is 0 Å². The largest absolute Gasteiger partial charge is 0.494 e. The maximum Gasteiger partial charge on any atom is 0.249 e. The number of amides is 2. The lowest BCUT2D eigenvalue weighted by molar-refractivity contribution is -0.133. The van der Waals surface area contributed by atoms with Gasteiger partial charge >= 0.3 is 0 Å². The molecule has 0 aliphatic carbocycles. The van der Waals surface area contributed by atoms with Crippen LogP contribution >= 0.6 is 23.1 Å². The second-order valence-electron chi connectivity index (χ2n) is 14.7. The number of piperidine rings is 2. The molecule has 16 heteroatoms. The molecule has 2 aliphatic heterocycles. The van der Waals surface area contributed by atoms with E-state index in [4.69, 9.17) is 9.72 Å². The SMILES string of the molecule is COc1cc(N2CCC(N(C)Cc3cccc(NC4CCC(=O)NC4=O)c3)CC2)c(C)cc1Nc1ncc(Br)c(Nc2ccc3nccnc3c2P(C)(C)=O)n1. The molecule has 4 N–H and O–H groups in total. The normalized spacial score (nSPS) is 16.6. The Balaban J connectivity index is 1.00. The lowest BCUT2D eigenvalue weighted by Gasteiger charge is -2.38. The molecule has 292 valence electrons. The fraction of sp³-hybridized carbons (Fsp3) is 0.350. The standard InChI is InChI=1S/C40H46BrN10O4P/c1-24-19-32(47-40-44-22-28(41)38(49-40)46-30-10-9-29-36(43-16-15-42-29)37(30)56(4,5)54)34(55-3)21-33(24)51-17-13-27(14-18-51)50(2)23-25-7-6-8-26(20-25)45-31-11-12-35(52)48-39(31)53/h6-10,15-16,19-22,27,31,45H,11-14,17-18,23H2,1-5H3,(H,48,52,53)(H2,44,46,47,49).